The molecule has 0 bridgehead atoms. The molecule has 0 amide bonds. The maximum absolute atomic E-state index is 9.11. The molecular formula is C11H18N4O2. The number of hydrogen-bond donors (Lipinski definition) is 4. The number of rotatable bonds is 5. The molecule has 6 heteroatoms. The van der Waals surface area contributed by atoms with Gasteiger partial charge in [0.15, 0.2) is 5.84 Å². The highest BCUT2D eigenvalue weighted by atomic mass is 16.4. The van der Waals surface area contributed by atoms with Crippen LogP contribution in [0.1, 0.15) is 25.1 Å². The Bertz CT molecular complexity index is 404. The van der Waals surface area contributed by atoms with Gasteiger partial charge in [-0.15, -0.1) is 0 Å². The minimum Gasteiger partial charge on any atom is -0.409 e. The summed E-state index contributed by atoms with van der Waals surface area (Å²) in [6.07, 6.45) is 1.59. The third-order valence-corrected chi connectivity index (χ3v) is 2.36. The summed E-state index contributed by atoms with van der Waals surface area (Å²) in [5.74, 6) is -0.0201. The van der Waals surface area contributed by atoms with E-state index in [1.807, 2.05) is 19.9 Å². The molecule has 1 heterocycles. The summed E-state index contributed by atoms with van der Waals surface area (Å²) in [4.78, 5) is 3.98. The first kappa shape index (κ1) is 13.4. The van der Waals surface area contributed by atoms with Gasteiger partial charge in [0.1, 0.15) is 5.69 Å². The molecule has 0 aliphatic carbocycles. The van der Waals surface area contributed by atoms with Gasteiger partial charge in [0, 0.05) is 18.3 Å². The number of aromatic nitrogens is 1. The van der Waals surface area contributed by atoms with Gasteiger partial charge in [-0.2, -0.15) is 0 Å². The molecular weight excluding hydrogens is 220 g/mol. The van der Waals surface area contributed by atoms with Crippen molar-refractivity contribution >= 4 is 5.84 Å². The van der Waals surface area contributed by atoms with Crippen LogP contribution < -0.4 is 11.1 Å². The molecule has 17 heavy (non-hydrogen) atoms. The van der Waals surface area contributed by atoms with Crippen molar-refractivity contribution in [2.24, 2.45) is 10.9 Å². The molecule has 1 rings (SSSR count). The van der Waals surface area contributed by atoms with Crippen molar-refractivity contribution in [3.8, 4) is 0 Å². The molecule has 0 aromatic carbocycles. The summed E-state index contributed by atoms with van der Waals surface area (Å²) in [7, 11) is 0. The number of nitrogens with zero attached hydrogens (tertiary/aromatic N) is 2. The fourth-order valence-corrected chi connectivity index (χ4v) is 1.17. The first-order valence-electron chi connectivity index (χ1n) is 5.27. The van der Waals surface area contributed by atoms with Crippen molar-refractivity contribution in [2.45, 2.75) is 25.9 Å². The number of aliphatic hydroxyl groups excluding tert-OH is 1. The molecule has 1 aromatic heterocycles. The van der Waals surface area contributed by atoms with Crippen LogP contribution in [0.3, 0.4) is 0 Å². The Hall–Kier alpha value is -1.66. The van der Waals surface area contributed by atoms with Crippen LogP contribution >= 0.6 is 0 Å². The van der Waals surface area contributed by atoms with Gasteiger partial charge in [-0.1, -0.05) is 5.16 Å². The first-order chi connectivity index (χ1) is 7.98. The monoisotopic (exact) mass is 238 g/mol. The summed E-state index contributed by atoms with van der Waals surface area (Å²) in [6.45, 7) is 4.42. The molecule has 0 unspecified atom stereocenters. The SMILES string of the molecule is CC(C)(CO)NCc1ccnc(C(N)=NO)c1. The summed E-state index contributed by atoms with van der Waals surface area (Å²) in [5.41, 5.74) is 6.47. The number of aliphatic hydroxyl groups is 1. The molecule has 0 aliphatic heterocycles. The van der Waals surface area contributed by atoms with Crippen LogP contribution in [-0.4, -0.2) is 33.3 Å². The predicted molar refractivity (Wildman–Crippen MR) is 64.8 cm³/mol. The highest BCUT2D eigenvalue weighted by Gasteiger charge is 2.15. The van der Waals surface area contributed by atoms with Gasteiger partial charge in [0.2, 0.25) is 0 Å². The molecule has 0 atom stereocenters. The Labute approximate surface area is 100 Å². The van der Waals surface area contributed by atoms with Gasteiger partial charge in [-0.25, -0.2) is 0 Å². The van der Waals surface area contributed by atoms with Crippen molar-refractivity contribution in [3.63, 3.8) is 0 Å². The van der Waals surface area contributed by atoms with Crippen LogP contribution in [0.15, 0.2) is 23.5 Å². The third-order valence-electron chi connectivity index (χ3n) is 2.36. The van der Waals surface area contributed by atoms with Gasteiger partial charge < -0.3 is 21.4 Å². The maximum atomic E-state index is 9.11. The normalized spacial score (nSPS) is 12.8. The molecule has 5 N–H and O–H groups in total. The smallest absolute Gasteiger partial charge is 0.188 e. The summed E-state index contributed by atoms with van der Waals surface area (Å²) >= 11 is 0. The van der Waals surface area contributed by atoms with Gasteiger partial charge >= 0.3 is 0 Å². The molecule has 94 valence electrons. The Kier molecular flexibility index (Phi) is 4.42. The lowest BCUT2D eigenvalue weighted by Gasteiger charge is -2.23. The van der Waals surface area contributed by atoms with Gasteiger partial charge in [-0.05, 0) is 31.5 Å². The van der Waals surface area contributed by atoms with E-state index >= 15 is 0 Å². The van der Waals surface area contributed by atoms with Crippen LogP contribution in [0.2, 0.25) is 0 Å². The maximum Gasteiger partial charge on any atom is 0.188 e. The summed E-state index contributed by atoms with van der Waals surface area (Å²) in [6, 6.07) is 3.56. The second kappa shape index (κ2) is 5.60. The largest absolute Gasteiger partial charge is 0.409 e. The van der Waals surface area contributed by atoms with Crippen LogP contribution in [0, 0.1) is 0 Å². The topological polar surface area (TPSA) is 104 Å². The summed E-state index contributed by atoms with van der Waals surface area (Å²) < 4.78 is 0. The highest BCUT2D eigenvalue weighted by molar-refractivity contribution is 5.95. The van der Waals surface area contributed by atoms with Crippen LogP contribution in [0.25, 0.3) is 0 Å². The van der Waals surface area contributed by atoms with Crippen molar-refractivity contribution in [3.05, 3.63) is 29.6 Å². The average molecular weight is 238 g/mol. The number of nitrogens with two attached hydrogens (primary N) is 1. The lowest BCUT2D eigenvalue weighted by molar-refractivity contribution is 0.187. The number of amidine groups is 1. The minimum atomic E-state index is -0.347. The Morgan fingerprint density at radius 1 is 1.59 bits per heavy atom. The Morgan fingerprint density at radius 2 is 2.29 bits per heavy atom. The van der Waals surface area contributed by atoms with E-state index in [1.54, 1.807) is 12.3 Å². The Balaban J connectivity index is 2.73. The molecule has 1 aromatic rings. The fourth-order valence-electron chi connectivity index (χ4n) is 1.17. The quantitative estimate of drug-likeness (QED) is 0.251. The molecule has 0 saturated heterocycles. The molecule has 0 spiro atoms. The predicted octanol–water partition coefficient (Wildman–Crippen LogP) is 0.0366. The third kappa shape index (κ3) is 4.01. The van der Waals surface area contributed by atoms with E-state index in [0.717, 1.165) is 5.56 Å². The molecule has 0 radical (unpaired) electrons. The molecule has 0 aliphatic rings. The zero-order valence-electron chi connectivity index (χ0n) is 10.0. The van der Waals surface area contributed by atoms with Crippen molar-refractivity contribution in [1.29, 1.82) is 0 Å². The highest BCUT2D eigenvalue weighted by Crippen LogP contribution is 2.05. The van der Waals surface area contributed by atoms with E-state index in [0.29, 0.717) is 12.2 Å². The zero-order chi connectivity index (χ0) is 12.9. The molecule has 0 saturated carbocycles. The number of nitrogens with one attached hydrogen (secondary N) is 1. The number of hydrogen-bond acceptors (Lipinski definition) is 5. The number of oxime groups is 1. The van der Waals surface area contributed by atoms with Gasteiger partial charge in [0.25, 0.3) is 0 Å². The molecule has 0 fully saturated rings. The van der Waals surface area contributed by atoms with Crippen LogP contribution in [0.4, 0.5) is 0 Å². The van der Waals surface area contributed by atoms with E-state index in [2.05, 4.69) is 15.5 Å². The van der Waals surface area contributed by atoms with Crippen molar-refractivity contribution in [2.75, 3.05) is 6.61 Å². The second-order valence-electron chi connectivity index (χ2n) is 4.43. The van der Waals surface area contributed by atoms with Gasteiger partial charge in [0.05, 0.1) is 6.61 Å². The zero-order valence-corrected chi connectivity index (χ0v) is 10.0. The van der Waals surface area contributed by atoms with Crippen molar-refractivity contribution in [1.82, 2.24) is 10.3 Å². The van der Waals surface area contributed by atoms with E-state index in [4.69, 9.17) is 16.0 Å². The van der Waals surface area contributed by atoms with E-state index < -0.39 is 0 Å². The van der Waals surface area contributed by atoms with Gasteiger partial charge in [-0.3, -0.25) is 4.98 Å². The van der Waals surface area contributed by atoms with E-state index in [-0.39, 0.29) is 18.0 Å². The number of pyridine rings is 1. The van der Waals surface area contributed by atoms with Crippen molar-refractivity contribution < 1.29 is 10.3 Å². The average Bonchev–Trinajstić information content (AvgIpc) is 2.36. The van der Waals surface area contributed by atoms with Crippen LogP contribution in [-0.2, 0) is 6.54 Å². The van der Waals surface area contributed by atoms with E-state index in [9.17, 15) is 0 Å². The lowest BCUT2D eigenvalue weighted by Crippen LogP contribution is -2.42. The second-order valence-corrected chi connectivity index (χ2v) is 4.43. The molecule has 6 nitrogen and oxygen atoms in total. The summed E-state index contributed by atoms with van der Waals surface area (Å²) in [5, 5.41) is 23.7. The minimum absolute atomic E-state index is 0.0201. The van der Waals surface area contributed by atoms with E-state index in [1.165, 1.54) is 0 Å². The Morgan fingerprint density at radius 3 is 2.88 bits per heavy atom. The fraction of sp³-hybridized carbons (Fsp3) is 0.455. The lowest BCUT2D eigenvalue weighted by atomic mass is 10.1. The standard InChI is InChI=1S/C11H18N4O2/c1-11(2,7-16)14-6-8-3-4-13-9(5-8)10(12)15-17/h3-5,14,16-17H,6-7H2,1-2H3,(H2,12,15). The first-order valence-corrected chi connectivity index (χ1v) is 5.27. The van der Waals surface area contributed by atoms with Crippen LogP contribution in [0.5, 0.6) is 0 Å².